The maximum atomic E-state index is 11.5. The molecule has 0 aromatic heterocycles. The lowest BCUT2D eigenvalue weighted by Gasteiger charge is -2.13. The van der Waals surface area contributed by atoms with Crippen molar-refractivity contribution in [2.45, 2.75) is 51.1 Å². The molecule has 1 fully saturated rings. The van der Waals surface area contributed by atoms with Gasteiger partial charge in [0.1, 0.15) is 0 Å². The summed E-state index contributed by atoms with van der Waals surface area (Å²) in [6, 6.07) is 0.361. The van der Waals surface area contributed by atoms with E-state index in [1.54, 1.807) is 0 Å². The minimum absolute atomic E-state index is 0.0866. The van der Waals surface area contributed by atoms with E-state index in [1.165, 1.54) is 0 Å². The van der Waals surface area contributed by atoms with Gasteiger partial charge in [0.2, 0.25) is 5.91 Å². The van der Waals surface area contributed by atoms with Gasteiger partial charge in [-0.05, 0) is 39.2 Å². The lowest BCUT2D eigenvalue weighted by atomic mass is 10.2. The molecule has 1 amide bonds. The molecular weight excluding hydrogens is 188 g/mol. The molecule has 3 heteroatoms. The first-order valence-electron chi connectivity index (χ1n) is 5.71. The maximum absolute atomic E-state index is 11.5. The lowest BCUT2D eigenvalue weighted by molar-refractivity contribution is -0.122. The van der Waals surface area contributed by atoms with E-state index in [4.69, 9.17) is 6.42 Å². The minimum Gasteiger partial charge on any atom is -0.352 e. The lowest BCUT2D eigenvalue weighted by Crippen LogP contribution is -2.43. The molecule has 1 atom stereocenters. The van der Waals surface area contributed by atoms with Crippen LogP contribution in [0.4, 0.5) is 0 Å². The molecule has 1 aliphatic rings. The van der Waals surface area contributed by atoms with Crippen LogP contribution in [0.25, 0.3) is 0 Å². The van der Waals surface area contributed by atoms with Crippen molar-refractivity contribution in [3.8, 4) is 12.3 Å². The van der Waals surface area contributed by atoms with Crippen LogP contribution in [0.3, 0.4) is 0 Å². The van der Waals surface area contributed by atoms with Gasteiger partial charge in [0, 0.05) is 12.5 Å². The third kappa shape index (κ3) is 5.44. The molecule has 1 unspecified atom stereocenters. The molecule has 0 aromatic carbocycles. The number of carbonyl (C=O) groups is 1. The van der Waals surface area contributed by atoms with Crippen LogP contribution >= 0.6 is 0 Å². The zero-order chi connectivity index (χ0) is 11.1. The van der Waals surface area contributed by atoms with Gasteiger partial charge in [-0.3, -0.25) is 4.79 Å². The Morgan fingerprint density at radius 3 is 2.87 bits per heavy atom. The van der Waals surface area contributed by atoms with Crippen LogP contribution in [0.15, 0.2) is 0 Å². The molecule has 0 heterocycles. The third-order valence-electron chi connectivity index (χ3n) is 2.52. The van der Waals surface area contributed by atoms with E-state index in [0.29, 0.717) is 6.04 Å². The van der Waals surface area contributed by atoms with Gasteiger partial charge in [0.05, 0.1) is 6.04 Å². The van der Waals surface area contributed by atoms with Crippen LogP contribution in [0.5, 0.6) is 0 Å². The maximum Gasteiger partial charge on any atom is 0.237 e. The molecule has 0 aromatic rings. The number of amides is 1. The van der Waals surface area contributed by atoms with Crippen molar-refractivity contribution in [2.75, 3.05) is 6.54 Å². The molecule has 1 saturated carbocycles. The standard InChI is InChI=1S/C12H20N2O/c1-3-4-5-6-9-13-10(2)12(15)14-11-7-8-11/h1,10-11,13H,4-9H2,2H3,(H,14,15). The Hall–Kier alpha value is -1.01. The second-order valence-corrected chi connectivity index (χ2v) is 4.12. The molecule has 2 N–H and O–H groups in total. The quantitative estimate of drug-likeness (QED) is 0.485. The van der Waals surface area contributed by atoms with Crippen LogP contribution in [0, 0.1) is 12.3 Å². The van der Waals surface area contributed by atoms with Gasteiger partial charge < -0.3 is 10.6 Å². The zero-order valence-electron chi connectivity index (χ0n) is 9.38. The first kappa shape index (κ1) is 12.1. The normalized spacial score (nSPS) is 16.8. The van der Waals surface area contributed by atoms with Gasteiger partial charge in [-0.25, -0.2) is 0 Å². The number of terminal acetylenes is 1. The number of unbranched alkanes of at least 4 members (excludes halogenated alkanes) is 2. The zero-order valence-corrected chi connectivity index (χ0v) is 9.38. The van der Waals surface area contributed by atoms with Gasteiger partial charge in [0.15, 0.2) is 0 Å². The van der Waals surface area contributed by atoms with E-state index in [9.17, 15) is 4.79 Å². The van der Waals surface area contributed by atoms with E-state index >= 15 is 0 Å². The summed E-state index contributed by atoms with van der Waals surface area (Å²) in [6.45, 7) is 2.76. The fraction of sp³-hybridized carbons (Fsp3) is 0.750. The highest BCUT2D eigenvalue weighted by atomic mass is 16.2. The second kappa shape index (κ2) is 6.47. The number of hydrogen-bond donors (Lipinski definition) is 2. The molecular formula is C12H20N2O. The van der Waals surface area contributed by atoms with E-state index in [1.807, 2.05) is 6.92 Å². The van der Waals surface area contributed by atoms with Gasteiger partial charge in [-0.15, -0.1) is 12.3 Å². The molecule has 0 saturated heterocycles. The van der Waals surface area contributed by atoms with Crippen molar-refractivity contribution < 1.29 is 4.79 Å². The molecule has 0 radical (unpaired) electrons. The van der Waals surface area contributed by atoms with Crippen molar-refractivity contribution in [1.29, 1.82) is 0 Å². The topological polar surface area (TPSA) is 41.1 Å². The van der Waals surface area contributed by atoms with Crippen molar-refractivity contribution in [1.82, 2.24) is 10.6 Å². The minimum atomic E-state index is -0.0866. The third-order valence-corrected chi connectivity index (χ3v) is 2.52. The van der Waals surface area contributed by atoms with Crippen LogP contribution in [-0.4, -0.2) is 24.5 Å². The van der Waals surface area contributed by atoms with E-state index in [2.05, 4.69) is 16.6 Å². The second-order valence-electron chi connectivity index (χ2n) is 4.12. The van der Waals surface area contributed by atoms with Gasteiger partial charge in [-0.1, -0.05) is 0 Å². The average Bonchev–Trinajstić information content (AvgIpc) is 3.01. The largest absolute Gasteiger partial charge is 0.352 e. The first-order chi connectivity index (χ1) is 7.24. The summed E-state index contributed by atoms with van der Waals surface area (Å²) < 4.78 is 0. The summed E-state index contributed by atoms with van der Waals surface area (Å²) in [5.74, 6) is 2.73. The Balaban J connectivity index is 1.99. The summed E-state index contributed by atoms with van der Waals surface area (Å²) in [5, 5.41) is 6.17. The average molecular weight is 208 g/mol. The highest BCUT2D eigenvalue weighted by molar-refractivity contribution is 5.81. The number of carbonyl (C=O) groups excluding carboxylic acids is 1. The van der Waals surface area contributed by atoms with Gasteiger partial charge >= 0.3 is 0 Å². The molecule has 0 aliphatic heterocycles. The van der Waals surface area contributed by atoms with Gasteiger partial charge in [-0.2, -0.15) is 0 Å². The Morgan fingerprint density at radius 1 is 1.53 bits per heavy atom. The first-order valence-corrected chi connectivity index (χ1v) is 5.71. The molecule has 3 nitrogen and oxygen atoms in total. The molecule has 1 aliphatic carbocycles. The van der Waals surface area contributed by atoms with E-state index < -0.39 is 0 Å². The fourth-order valence-corrected chi connectivity index (χ4v) is 1.32. The predicted molar refractivity (Wildman–Crippen MR) is 61.3 cm³/mol. The monoisotopic (exact) mass is 208 g/mol. The van der Waals surface area contributed by atoms with E-state index in [0.717, 1.165) is 38.6 Å². The molecule has 1 rings (SSSR count). The van der Waals surface area contributed by atoms with Crippen LogP contribution in [0.2, 0.25) is 0 Å². The molecule has 84 valence electrons. The van der Waals surface area contributed by atoms with Crippen molar-refractivity contribution in [3.05, 3.63) is 0 Å². The predicted octanol–water partition coefficient (Wildman–Crippen LogP) is 1.05. The molecule has 15 heavy (non-hydrogen) atoms. The summed E-state index contributed by atoms with van der Waals surface area (Å²) >= 11 is 0. The number of rotatable bonds is 7. The summed E-state index contributed by atoms with van der Waals surface area (Å²) in [5.41, 5.74) is 0. The summed E-state index contributed by atoms with van der Waals surface area (Å²) in [6.07, 6.45) is 10.3. The van der Waals surface area contributed by atoms with Crippen LogP contribution in [-0.2, 0) is 4.79 Å². The van der Waals surface area contributed by atoms with Crippen LogP contribution in [0.1, 0.15) is 39.0 Å². The number of hydrogen-bond acceptors (Lipinski definition) is 2. The molecule has 0 bridgehead atoms. The molecule has 0 spiro atoms. The highest BCUT2D eigenvalue weighted by Gasteiger charge is 2.25. The Bertz CT molecular complexity index is 240. The Kier molecular flexibility index (Phi) is 5.20. The number of nitrogens with one attached hydrogen (secondary N) is 2. The fourth-order valence-electron chi connectivity index (χ4n) is 1.32. The summed E-state index contributed by atoms with van der Waals surface area (Å²) in [7, 11) is 0. The Labute approximate surface area is 92.0 Å². The van der Waals surface area contributed by atoms with Crippen molar-refractivity contribution in [2.24, 2.45) is 0 Å². The SMILES string of the molecule is C#CCCCCNC(C)C(=O)NC1CC1. The van der Waals surface area contributed by atoms with E-state index in [-0.39, 0.29) is 11.9 Å². The van der Waals surface area contributed by atoms with Crippen molar-refractivity contribution in [3.63, 3.8) is 0 Å². The smallest absolute Gasteiger partial charge is 0.237 e. The Morgan fingerprint density at radius 2 is 2.27 bits per heavy atom. The highest BCUT2D eigenvalue weighted by Crippen LogP contribution is 2.18. The van der Waals surface area contributed by atoms with Crippen LogP contribution < -0.4 is 10.6 Å². The van der Waals surface area contributed by atoms with Gasteiger partial charge in [0.25, 0.3) is 0 Å². The van der Waals surface area contributed by atoms with Crippen molar-refractivity contribution >= 4 is 5.91 Å². The summed E-state index contributed by atoms with van der Waals surface area (Å²) in [4.78, 5) is 11.5.